The zero-order valence-corrected chi connectivity index (χ0v) is 17.8. The molecule has 1 N–H and O–H groups in total. The summed E-state index contributed by atoms with van der Waals surface area (Å²) in [6.07, 6.45) is 0. The molecule has 1 fully saturated rings. The van der Waals surface area contributed by atoms with Crippen LogP contribution in [0.3, 0.4) is 0 Å². The van der Waals surface area contributed by atoms with Gasteiger partial charge in [0, 0.05) is 39.3 Å². The molecule has 0 radical (unpaired) electrons. The number of nitrogens with zero attached hydrogens (tertiary/aromatic N) is 2. The van der Waals surface area contributed by atoms with Crippen LogP contribution in [0.25, 0.3) is 0 Å². The van der Waals surface area contributed by atoms with Crippen molar-refractivity contribution in [3.05, 3.63) is 65.5 Å². The van der Waals surface area contributed by atoms with Gasteiger partial charge in [-0.05, 0) is 42.3 Å². The Morgan fingerprint density at radius 1 is 1.28 bits per heavy atom. The average Bonchev–Trinajstić information content (AvgIpc) is 2.70. The summed E-state index contributed by atoms with van der Waals surface area (Å²) in [4.78, 5) is 16.7. The monoisotopic (exact) mass is 421 g/mol. The van der Waals surface area contributed by atoms with Crippen molar-refractivity contribution < 1.29 is 13.9 Å². The Hall–Kier alpha value is -2.15. The number of likely N-dealkylation sites (N-methyl/N-ethyl adjacent to an activating group) is 1. The first-order chi connectivity index (χ1) is 13.6. The Morgan fingerprint density at radius 2 is 2.03 bits per heavy atom. The Kier molecular flexibility index (Phi) is 8.89. The molecule has 1 heterocycles. The Bertz CT molecular complexity index is 788. The van der Waals surface area contributed by atoms with Gasteiger partial charge in [-0.2, -0.15) is 0 Å². The fourth-order valence-electron chi connectivity index (χ4n) is 3.49. The summed E-state index contributed by atoms with van der Waals surface area (Å²) >= 11 is 0. The van der Waals surface area contributed by atoms with E-state index in [0.29, 0.717) is 26.2 Å². The van der Waals surface area contributed by atoms with Crippen LogP contribution in [-0.4, -0.2) is 55.5 Å². The molecule has 3 rings (SSSR count). The minimum atomic E-state index is -0.248. The van der Waals surface area contributed by atoms with Crippen molar-refractivity contribution >= 4 is 18.3 Å². The van der Waals surface area contributed by atoms with Gasteiger partial charge in [-0.1, -0.05) is 24.3 Å². The van der Waals surface area contributed by atoms with Crippen LogP contribution in [0, 0.1) is 5.82 Å². The van der Waals surface area contributed by atoms with Crippen molar-refractivity contribution in [1.82, 2.24) is 15.1 Å². The van der Waals surface area contributed by atoms with E-state index in [0.717, 1.165) is 30.0 Å². The van der Waals surface area contributed by atoms with E-state index in [1.807, 2.05) is 44.3 Å². The average molecular weight is 422 g/mol. The predicted molar refractivity (Wildman–Crippen MR) is 115 cm³/mol. The van der Waals surface area contributed by atoms with Crippen LogP contribution in [0.4, 0.5) is 4.39 Å². The predicted octanol–water partition coefficient (Wildman–Crippen LogP) is 3.25. The molecule has 1 aliphatic rings. The molecule has 0 saturated carbocycles. The van der Waals surface area contributed by atoms with Gasteiger partial charge in [-0.3, -0.25) is 9.69 Å². The molecule has 0 bridgehead atoms. The second-order valence-corrected chi connectivity index (χ2v) is 7.07. The van der Waals surface area contributed by atoms with E-state index in [9.17, 15) is 9.18 Å². The summed E-state index contributed by atoms with van der Waals surface area (Å²) in [6.45, 7) is 5.73. The zero-order valence-electron chi connectivity index (χ0n) is 16.9. The molecule has 2 aromatic carbocycles. The molecular weight excluding hydrogens is 393 g/mol. The molecule has 1 unspecified atom stereocenters. The number of ether oxygens (including phenoxy) is 1. The van der Waals surface area contributed by atoms with Gasteiger partial charge in [0.25, 0.3) is 0 Å². The maximum atomic E-state index is 13.6. The highest BCUT2D eigenvalue weighted by atomic mass is 35.5. The number of benzene rings is 2. The second-order valence-electron chi connectivity index (χ2n) is 7.07. The molecule has 0 spiro atoms. The molecule has 0 aromatic heterocycles. The molecule has 1 saturated heterocycles. The third-order valence-electron chi connectivity index (χ3n) is 5.01. The number of hydrogen-bond donors (Lipinski definition) is 1. The minimum absolute atomic E-state index is 0. The lowest BCUT2D eigenvalue weighted by Crippen LogP contribution is -2.49. The van der Waals surface area contributed by atoms with Gasteiger partial charge < -0.3 is 15.0 Å². The maximum absolute atomic E-state index is 13.6. The molecule has 2 aromatic rings. The van der Waals surface area contributed by atoms with E-state index in [4.69, 9.17) is 4.74 Å². The number of nitrogens with one attached hydrogen (secondary N) is 1. The fourth-order valence-corrected chi connectivity index (χ4v) is 3.49. The lowest BCUT2D eigenvalue weighted by Gasteiger charge is -2.36. The summed E-state index contributed by atoms with van der Waals surface area (Å²) in [7, 11) is 1.82. The fraction of sp³-hybridized carbons (Fsp3) is 0.409. The van der Waals surface area contributed by atoms with E-state index in [1.165, 1.54) is 6.07 Å². The number of amides is 1. The van der Waals surface area contributed by atoms with E-state index < -0.39 is 0 Å². The topological polar surface area (TPSA) is 44.8 Å². The normalized spacial score (nSPS) is 16.7. The van der Waals surface area contributed by atoms with Gasteiger partial charge in [0.1, 0.15) is 11.6 Å². The summed E-state index contributed by atoms with van der Waals surface area (Å²) in [5, 5.41) is 3.34. The lowest BCUT2D eigenvalue weighted by molar-refractivity contribution is -0.132. The van der Waals surface area contributed by atoms with Crippen LogP contribution in [-0.2, 0) is 11.3 Å². The van der Waals surface area contributed by atoms with Crippen molar-refractivity contribution in [2.24, 2.45) is 0 Å². The molecule has 1 amide bonds. The number of piperazine rings is 1. The summed E-state index contributed by atoms with van der Waals surface area (Å²) < 4.78 is 19.1. The number of carbonyl (C=O) groups excluding carboxylic acids is 1. The summed E-state index contributed by atoms with van der Waals surface area (Å²) in [5.41, 5.74) is 1.95. The molecule has 29 heavy (non-hydrogen) atoms. The number of hydrogen-bond acceptors (Lipinski definition) is 4. The third kappa shape index (κ3) is 6.42. The second kappa shape index (κ2) is 11.1. The quantitative estimate of drug-likeness (QED) is 0.745. The molecule has 158 valence electrons. The van der Waals surface area contributed by atoms with Crippen LogP contribution < -0.4 is 10.1 Å². The van der Waals surface area contributed by atoms with Crippen LogP contribution in [0.15, 0.2) is 48.5 Å². The number of carbonyl (C=O) groups is 1. The van der Waals surface area contributed by atoms with Gasteiger partial charge in [0.2, 0.25) is 5.91 Å². The Labute approximate surface area is 178 Å². The Morgan fingerprint density at radius 3 is 2.72 bits per heavy atom. The van der Waals surface area contributed by atoms with Crippen LogP contribution in [0.2, 0.25) is 0 Å². The summed E-state index contributed by atoms with van der Waals surface area (Å²) in [5.74, 6) is 0.637. The van der Waals surface area contributed by atoms with Crippen molar-refractivity contribution in [2.45, 2.75) is 19.5 Å². The molecule has 5 nitrogen and oxygen atoms in total. The maximum Gasteiger partial charge on any atom is 0.236 e. The first-order valence-corrected chi connectivity index (χ1v) is 9.72. The van der Waals surface area contributed by atoms with E-state index in [-0.39, 0.29) is 30.2 Å². The largest absolute Gasteiger partial charge is 0.494 e. The van der Waals surface area contributed by atoms with Crippen molar-refractivity contribution in [2.75, 3.05) is 39.8 Å². The third-order valence-corrected chi connectivity index (χ3v) is 5.01. The smallest absolute Gasteiger partial charge is 0.236 e. The summed E-state index contributed by atoms with van der Waals surface area (Å²) in [6, 6.07) is 14.4. The molecule has 0 aliphatic carbocycles. The first kappa shape index (κ1) is 23.1. The van der Waals surface area contributed by atoms with Crippen molar-refractivity contribution in [3.8, 4) is 5.75 Å². The van der Waals surface area contributed by atoms with Crippen LogP contribution >= 0.6 is 12.4 Å². The highest BCUT2D eigenvalue weighted by Gasteiger charge is 2.26. The highest BCUT2D eigenvalue weighted by molar-refractivity contribution is 5.85. The van der Waals surface area contributed by atoms with Crippen LogP contribution in [0.5, 0.6) is 5.75 Å². The standard InChI is InChI=1S/C22H28FN3O2.ClH/c1-3-28-20-9-7-17(8-10-20)15-25(2)22(27)16-26-12-11-24-14-21(26)18-5-4-6-19(23)13-18;/h4-10,13,21,24H,3,11-12,14-16H2,1-2H3;1H. The zero-order chi connectivity index (χ0) is 19.9. The SMILES string of the molecule is CCOc1ccc(CN(C)C(=O)CN2CCNCC2c2cccc(F)c2)cc1.Cl. The van der Waals surface area contributed by atoms with Gasteiger partial charge in [0.15, 0.2) is 0 Å². The van der Waals surface area contributed by atoms with Gasteiger partial charge in [-0.15, -0.1) is 12.4 Å². The van der Waals surface area contributed by atoms with E-state index in [1.54, 1.807) is 17.0 Å². The lowest BCUT2D eigenvalue weighted by atomic mass is 10.0. The molecular formula is C22H29ClFN3O2. The Balaban J connectivity index is 0.00000300. The molecule has 1 atom stereocenters. The number of halogens is 2. The highest BCUT2D eigenvalue weighted by Crippen LogP contribution is 2.23. The minimum Gasteiger partial charge on any atom is -0.494 e. The van der Waals surface area contributed by atoms with Gasteiger partial charge >= 0.3 is 0 Å². The first-order valence-electron chi connectivity index (χ1n) is 9.72. The van der Waals surface area contributed by atoms with E-state index >= 15 is 0 Å². The van der Waals surface area contributed by atoms with Crippen molar-refractivity contribution in [3.63, 3.8) is 0 Å². The molecule has 1 aliphatic heterocycles. The van der Waals surface area contributed by atoms with E-state index in [2.05, 4.69) is 10.2 Å². The van der Waals surface area contributed by atoms with Crippen LogP contribution in [0.1, 0.15) is 24.1 Å². The van der Waals surface area contributed by atoms with Gasteiger partial charge in [0.05, 0.1) is 13.2 Å². The number of rotatable bonds is 7. The van der Waals surface area contributed by atoms with Gasteiger partial charge in [-0.25, -0.2) is 4.39 Å². The van der Waals surface area contributed by atoms with Crippen molar-refractivity contribution in [1.29, 1.82) is 0 Å². The molecule has 7 heteroatoms.